The minimum Gasteiger partial charge on any atom is -0.352 e. The van der Waals surface area contributed by atoms with Crippen LogP contribution in [-0.2, 0) is 29.0 Å². The predicted octanol–water partition coefficient (Wildman–Crippen LogP) is 6.54. The Morgan fingerprint density at radius 1 is 0.944 bits per heavy atom. The first kappa shape index (κ1) is 26.2. The van der Waals surface area contributed by atoms with Gasteiger partial charge in [-0.1, -0.05) is 102 Å². The first-order chi connectivity index (χ1) is 17.4. The molecule has 3 aromatic carbocycles. The van der Waals surface area contributed by atoms with Gasteiger partial charge in [-0.15, -0.1) is 0 Å². The van der Waals surface area contributed by atoms with E-state index >= 15 is 0 Å². The molecule has 0 saturated heterocycles. The molecule has 0 aromatic heterocycles. The summed E-state index contributed by atoms with van der Waals surface area (Å²) >= 11 is 12.5. The van der Waals surface area contributed by atoms with E-state index in [4.69, 9.17) is 23.2 Å². The Bertz CT molecular complexity index is 1180. The summed E-state index contributed by atoms with van der Waals surface area (Å²) in [6.07, 6.45) is 4.73. The fraction of sp³-hybridized carbons (Fsp3) is 0.333. The molecular weight excluding hydrogens is 491 g/mol. The van der Waals surface area contributed by atoms with Gasteiger partial charge in [0.05, 0.1) is 6.42 Å². The van der Waals surface area contributed by atoms with Crippen molar-refractivity contribution in [3.63, 3.8) is 0 Å². The normalized spacial score (nSPS) is 14.4. The van der Waals surface area contributed by atoms with Crippen LogP contribution in [0.1, 0.15) is 47.9 Å². The van der Waals surface area contributed by atoms with Crippen LogP contribution in [0.4, 0.5) is 0 Å². The van der Waals surface area contributed by atoms with Gasteiger partial charge in [0.25, 0.3) is 0 Å². The fourth-order valence-corrected chi connectivity index (χ4v) is 5.22. The average Bonchev–Trinajstić information content (AvgIpc) is 3.38. The van der Waals surface area contributed by atoms with Gasteiger partial charge in [0.15, 0.2) is 0 Å². The third kappa shape index (κ3) is 7.11. The van der Waals surface area contributed by atoms with Gasteiger partial charge in [-0.2, -0.15) is 0 Å². The molecule has 4 rings (SSSR count). The number of hydrogen-bond acceptors (Lipinski definition) is 2. The van der Waals surface area contributed by atoms with E-state index in [1.54, 1.807) is 23.1 Å². The van der Waals surface area contributed by atoms with Crippen LogP contribution in [0.3, 0.4) is 0 Å². The van der Waals surface area contributed by atoms with Crippen LogP contribution in [-0.4, -0.2) is 28.8 Å². The van der Waals surface area contributed by atoms with Crippen LogP contribution in [0.5, 0.6) is 0 Å². The highest BCUT2D eigenvalue weighted by molar-refractivity contribution is 6.35. The molecule has 0 aliphatic heterocycles. The third-order valence-corrected chi connectivity index (χ3v) is 7.39. The number of rotatable bonds is 9. The molecule has 0 spiro atoms. The van der Waals surface area contributed by atoms with Crippen molar-refractivity contribution in [2.24, 2.45) is 0 Å². The second-order valence-corrected chi connectivity index (χ2v) is 10.5. The molecule has 1 atom stereocenters. The second kappa shape index (κ2) is 12.4. The Balaban J connectivity index is 1.66. The molecule has 0 bridgehead atoms. The van der Waals surface area contributed by atoms with Crippen LogP contribution in [0.15, 0.2) is 72.8 Å². The lowest BCUT2D eigenvalue weighted by molar-refractivity contribution is -0.141. The Kier molecular flexibility index (Phi) is 9.06. The zero-order valence-electron chi connectivity index (χ0n) is 20.6. The van der Waals surface area contributed by atoms with Crippen molar-refractivity contribution in [1.29, 1.82) is 0 Å². The van der Waals surface area contributed by atoms with Crippen molar-refractivity contribution in [3.8, 4) is 0 Å². The van der Waals surface area contributed by atoms with Gasteiger partial charge in [-0.3, -0.25) is 9.59 Å². The van der Waals surface area contributed by atoms with Gasteiger partial charge in [-0.25, -0.2) is 0 Å². The number of aryl methyl sites for hydroxylation is 1. The van der Waals surface area contributed by atoms with E-state index in [9.17, 15) is 9.59 Å². The quantitative estimate of drug-likeness (QED) is 0.346. The van der Waals surface area contributed by atoms with Gasteiger partial charge in [0, 0.05) is 29.1 Å². The van der Waals surface area contributed by atoms with E-state index in [-0.39, 0.29) is 24.3 Å². The maximum Gasteiger partial charge on any atom is 0.243 e. The summed E-state index contributed by atoms with van der Waals surface area (Å²) in [7, 11) is 0. The Morgan fingerprint density at radius 3 is 2.31 bits per heavy atom. The maximum absolute atomic E-state index is 13.8. The van der Waals surface area contributed by atoms with Crippen molar-refractivity contribution in [1.82, 2.24) is 10.2 Å². The predicted molar refractivity (Wildman–Crippen MR) is 146 cm³/mol. The van der Waals surface area contributed by atoms with Gasteiger partial charge < -0.3 is 10.2 Å². The molecule has 0 radical (unpaired) electrons. The van der Waals surface area contributed by atoms with E-state index in [1.807, 2.05) is 61.5 Å². The zero-order chi connectivity index (χ0) is 25.5. The molecule has 188 valence electrons. The molecule has 3 aromatic rings. The highest BCUT2D eigenvalue weighted by Gasteiger charge is 2.32. The van der Waals surface area contributed by atoms with E-state index in [1.165, 1.54) is 0 Å². The first-order valence-corrected chi connectivity index (χ1v) is 13.3. The summed E-state index contributed by atoms with van der Waals surface area (Å²) < 4.78 is 0. The monoisotopic (exact) mass is 522 g/mol. The van der Waals surface area contributed by atoms with Crippen molar-refractivity contribution < 1.29 is 9.59 Å². The van der Waals surface area contributed by atoms with Crippen molar-refractivity contribution in [2.45, 2.75) is 64.1 Å². The number of benzene rings is 3. The number of carbonyl (C=O) groups is 2. The SMILES string of the molecule is Cc1ccc(CN(C(=O)Cc2ccc(Cl)cc2Cl)C(Cc2ccccc2)C(=O)NC2CCCC2)cc1. The van der Waals surface area contributed by atoms with Crippen molar-refractivity contribution in [3.05, 3.63) is 105 Å². The minimum absolute atomic E-state index is 0.0872. The molecule has 1 unspecified atom stereocenters. The minimum atomic E-state index is -0.645. The van der Waals surface area contributed by atoms with Crippen LogP contribution >= 0.6 is 23.2 Å². The summed E-state index contributed by atoms with van der Waals surface area (Å²) in [5.41, 5.74) is 3.82. The number of nitrogens with one attached hydrogen (secondary N) is 1. The Hall–Kier alpha value is -2.82. The molecule has 1 fully saturated rings. The highest BCUT2D eigenvalue weighted by Crippen LogP contribution is 2.24. The first-order valence-electron chi connectivity index (χ1n) is 12.5. The van der Waals surface area contributed by atoms with E-state index in [0.717, 1.165) is 42.4 Å². The lowest BCUT2D eigenvalue weighted by Crippen LogP contribution is -2.52. The van der Waals surface area contributed by atoms with Crippen LogP contribution in [0.25, 0.3) is 0 Å². The third-order valence-electron chi connectivity index (χ3n) is 6.80. The standard InChI is InChI=1S/C30H32Cl2N2O2/c1-21-11-13-23(14-12-21)20-34(29(35)18-24-15-16-25(31)19-27(24)32)28(17-22-7-3-2-4-8-22)30(36)33-26-9-5-6-10-26/h2-4,7-8,11-16,19,26,28H,5-6,9-10,17-18,20H2,1H3,(H,33,36). The second-order valence-electron chi connectivity index (χ2n) is 9.62. The van der Waals surface area contributed by atoms with Gasteiger partial charge in [-0.05, 0) is 48.6 Å². The van der Waals surface area contributed by atoms with Crippen molar-refractivity contribution in [2.75, 3.05) is 0 Å². The summed E-state index contributed by atoms with van der Waals surface area (Å²) in [6, 6.07) is 22.6. The van der Waals surface area contributed by atoms with E-state index in [2.05, 4.69) is 5.32 Å². The number of amides is 2. The molecule has 6 heteroatoms. The summed E-state index contributed by atoms with van der Waals surface area (Å²) in [5.74, 6) is -0.254. The fourth-order valence-electron chi connectivity index (χ4n) is 4.74. The lowest BCUT2D eigenvalue weighted by Gasteiger charge is -2.32. The van der Waals surface area contributed by atoms with Gasteiger partial charge in [0.1, 0.15) is 6.04 Å². The Morgan fingerprint density at radius 2 is 1.64 bits per heavy atom. The van der Waals surface area contributed by atoms with Crippen molar-refractivity contribution >= 4 is 35.0 Å². The molecule has 0 heterocycles. The molecule has 1 N–H and O–H groups in total. The summed E-state index contributed by atoms with van der Waals surface area (Å²) in [6.45, 7) is 2.36. The molecule has 2 amide bonds. The summed E-state index contributed by atoms with van der Waals surface area (Å²) in [4.78, 5) is 29.3. The summed E-state index contributed by atoms with van der Waals surface area (Å²) in [5, 5.41) is 4.20. The zero-order valence-corrected chi connectivity index (χ0v) is 22.1. The molecule has 36 heavy (non-hydrogen) atoms. The average molecular weight is 524 g/mol. The number of nitrogens with zero attached hydrogens (tertiary/aromatic N) is 1. The molecule has 1 aliphatic rings. The van der Waals surface area contributed by atoms with E-state index < -0.39 is 6.04 Å². The molecule has 1 aliphatic carbocycles. The van der Waals surface area contributed by atoms with Gasteiger partial charge in [0.2, 0.25) is 11.8 Å². The van der Waals surface area contributed by atoms with Crippen LogP contribution in [0, 0.1) is 6.92 Å². The van der Waals surface area contributed by atoms with Crippen LogP contribution < -0.4 is 5.32 Å². The molecular formula is C30H32Cl2N2O2. The smallest absolute Gasteiger partial charge is 0.243 e. The number of hydrogen-bond donors (Lipinski definition) is 1. The highest BCUT2D eigenvalue weighted by atomic mass is 35.5. The maximum atomic E-state index is 13.8. The van der Waals surface area contributed by atoms with E-state index in [0.29, 0.717) is 28.6 Å². The topological polar surface area (TPSA) is 49.4 Å². The number of halogens is 2. The number of carbonyl (C=O) groups excluding carboxylic acids is 2. The largest absolute Gasteiger partial charge is 0.352 e. The lowest BCUT2D eigenvalue weighted by atomic mass is 10.0. The Labute approximate surface area is 223 Å². The molecule has 1 saturated carbocycles. The van der Waals surface area contributed by atoms with Crippen LogP contribution in [0.2, 0.25) is 10.0 Å². The molecule has 4 nitrogen and oxygen atoms in total. The van der Waals surface area contributed by atoms with Gasteiger partial charge >= 0.3 is 0 Å².